The zero-order valence-corrected chi connectivity index (χ0v) is 35.1. The first-order chi connectivity index (χ1) is 29.6. The molecular formula is C57H55BN2. The minimum absolute atomic E-state index is 0.0857. The van der Waals surface area contributed by atoms with Crippen LogP contribution in [0.25, 0.3) is 0 Å². The maximum atomic E-state index is 2.60. The molecule has 0 amide bonds. The zero-order valence-electron chi connectivity index (χ0n) is 35.1. The van der Waals surface area contributed by atoms with E-state index >= 15 is 0 Å². The van der Waals surface area contributed by atoms with Gasteiger partial charge in [0.15, 0.2) is 0 Å². The van der Waals surface area contributed by atoms with Crippen molar-refractivity contribution >= 4 is 57.2 Å². The molecule has 0 atom stereocenters. The van der Waals surface area contributed by atoms with E-state index in [0.717, 1.165) is 12.8 Å². The highest BCUT2D eigenvalue weighted by molar-refractivity contribution is 7.00. The molecule has 7 aromatic carbocycles. The molecule has 0 aromatic heterocycles. The Morgan fingerprint density at radius 3 is 1.25 bits per heavy atom. The van der Waals surface area contributed by atoms with Gasteiger partial charge in [-0.15, -0.1) is 0 Å². The summed E-state index contributed by atoms with van der Waals surface area (Å²) >= 11 is 0. The van der Waals surface area contributed by atoms with E-state index in [1.807, 2.05) is 0 Å². The Balaban J connectivity index is 1.11. The van der Waals surface area contributed by atoms with Gasteiger partial charge in [-0.1, -0.05) is 148 Å². The van der Waals surface area contributed by atoms with Gasteiger partial charge >= 0.3 is 0 Å². The second-order valence-corrected chi connectivity index (χ2v) is 18.3. The van der Waals surface area contributed by atoms with E-state index < -0.39 is 0 Å². The Morgan fingerprint density at radius 2 is 0.833 bits per heavy atom. The SMILES string of the molecule is Cc1cc2c3c(c1)N(c1ccc(C4CCCCC4)cc1)c1ccc(Cc4ccccc4)cc1B3c1cc(Cc3ccccc3)ccc1N2c1ccc(C2CCCCC2)cc1. The molecule has 2 aliphatic heterocycles. The predicted octanol–water partition coefficient (Wildman–Crippen LogP) is 13.4. The van der Waals surface area contributed by atoms with Crippen molar-refractivity contribution in [2.75, 3.05) is 9.80 Å². The summed E-state index contributed by atoms with van der Waals surface area (Å²) in [5, 5.41) is 0. The number of aryl methyl sites for hydroxylation is 1. The molecule has 0 N–H and O–H groups in total. The van der Waals surface area contributed by atoms with Gasteiger partial charge in [0.05, 0.1) is 0 Å². The molecule has 0 unspecified atom stereocenters. The Bertz CT molecular complexity index is 2440. The summed E-state index contributed by atoms with van der Waals surface area (Å²) in [4.78, 5) is 5.19. The van der Waals surface area contributed by atoms with Crippen LogP contribution in [0.5, 0.6) is 0 Å². The van der Waals surface area contributed by atoms with Crippen molar-refractivity contribution in [1.82, 2.24) is 0 Å². The highest BCUT2D eigenvalue weighted by Gasteiger charge is 2.43. The second kappa shape index (κ2) is 16.0. The first kappa shape index (κ1) is 37.2. The van der Waals surface area contributed by atoms with Crippen molar-refractivity contribution in [3.63, 3.8) is 0 Å². The smallest absolute Gasteiger partial charge is 0.252 e. The fraction of sp³-hybridized carbons (Fsp3) is 0.263. The molecule has 2 saturated carbocycles. The minimum Gasteiger partial charge on any atom is -0.311 e. The third-order valence-electron chi connectivity index (χ3n) is 14.3. The molecule has 0 bridgehead atoms. The molecular weight excluding hydrogens is 723 g/mol. The Morgan fingerprint density at radius 1 is 0.417 bits per heavy atom. The third-order valence-corrected chi connectivity index (χ3v) is 14.3. The third kappa shape index (κ3) is 6.96. The lowest BCUT2D eigenvalue weighted by molar-refractivity contribution is 0.443. The summed E-state index contributed by atoms with van der Waals surface area (Å²) in [6.07, 6.45) is 15.2. The molecule has 0 spiro atoms. The number of fused-ring (bicyclic) bond motifs is 4. The topological polar surface area (TPSA) is 6.48 Å². The summed E-state index contributed by atoms with van der Waals surface area (Å²) in [6.45, 7) is 2.37. The predicted molar refractivity (Wildman–Crippen MR) is 255 cm³/mol. The zero-order chi connectivity index (χ0) is 40.0. The number of rotatable bonds is 8. The van der Waals surface area contributed by atoms with E-state index in [9.17, 15) is 0 Å². The largest absolute Gasteiger partial charge is 0.311 e. The van der Waals surface area contributed by atoms with E-state index in [2.05, 4.69) is 174 Å². The first-order valence-corrected chi connectivity index (χ1v) is 22.9. The van der Waals surface area contributed by atoms with E-state index in [1.54, 1.807) is 0 Å². The molecule has 4 aliphatic rings. The average molecular weight is 779 g/mol. The molecule has 0 saturated heterocycles. The molecule has 3 heteroatoms. The van der Waals surface area contributed by atoms with Gasteiger partial charge in [0.2, 0.25) is 0 Å². The minimum atomic E-state index is 0.0857. The van der Waals surface area contributed by atoms with Crippen LogP contribution in [0.4, 0.5) is 34.1 Å². The quantitative estimate of drug-likeness (QED) is 0.142. The second-order valence-electron chi connectivity index (χ2n) is 18.3. The number of hydrogen-bond donors (Lipinski definition) is 0. The summed E-state index contributed by atoms with van der Waals surface area (Å²) in [7, 11) is 0. The van der Waals surface area contributed by atoms with Crippen LogP contribution in [-0.4, -0.2) is 6.71 Å². The number of nitrogens with zero attached hydrogens (tertiary/aromatic N) is 2. The van der Waals surface area contributed by atoms with Crippen LogP contribution >= 0.6 is 0 Å². The lowest BCUT2D eigenvalue weighted by Gasteiger charge is -2.44. The number of benzene rings is 7. The molecule has 2 heterocycles. The van der Waals surface area contributed by atoms with Crippen LogP contribution in [0.2, 0.25) is 0 Å². The van der Waals surface area contributed by atoms with E-state index in [0.29, 0.717) is 11.8 Å². The first-order valence-electron chi connectivity index (χ1n) is 22.9. The lowest BCUT2D eigenvalue weighted by atomic mass is 9.33. The molecule has 296 valence electrons. The van der Waals surface area contributed by atoms with Gasteiger partial charge in [0, 0.05) is 34.1 Å². The van der Waals surface area contributed by atoms with Crippen molar-refractivity contribution in [3.8, 4) is 0 Å². The van der Waals surface area contributed by atoms with Crippen LogP contribution < -0.4 is 26.2 Å². The van der Waals surface area contributed by atoms with Crippen LogP contribution in [0.3, 0.4) is 0 Å². The van der Waals surface area contributed by atoms with E-state index in [1.165, 1.54) is 154 Å². The van der Waals surface area contributed by atoms with Gasteiger partial charge in [0.25, 0.3) is 6.71 Å². The van der Waals surface area contributed by atoms with Crippen LogP contribution in [-0.2, 0) is 12.8 Å². The Hall–Kier alpha value is -5.80. The van der Waals surface area contributed by atoms with Crippen molar-refractivity contribution in [2.45, 2.75) is 95.8 Å². The summed E-state index contributed by atoms with van der Waals surface area (Å²) in [6, 6.07) is 61.0. The van der Waals surface area contributed by atoms with Crippen molar-refractivity contribution in [1.29, 1.82) is 0 Å². The highest BCUT2D eigenvalue weighted by Crippen LogP contribution is 2.46. The molecule has 2 fully saturated rings. The normalized spacial score (nSPS) is 16.3. The summed E-state index contributed by atoms with van der Waals surface area (Å²) in [5.41, 5.74) is 21.5. The highest BCUT2D eigenvalue weighted by atomic mass is 15.2. The Kier molecular flexibility index (Phi) is 9.92. The molecule has 0 radical (unpaired) electrons. The standard InChI is InChI=1S/C57H55BN2/c1-40-34-55-57-56(35-40)60(50-30-26-48(27-31-50)46-20-12-5-13-21-46)54-33-23-44(37-42-16-8-3-9-17-42)39-52(54)58(57)51-38-43(36-41-14-6-2-7-15-41)22-32-53(51)59(55)49-28-24-47(25-29-49)45-18-10-4-11-19-45/h2-3,6-9,14-17,22-35,38-39,45-46H,4-5,10-13,18-21,36-37H2,1H3. The summed E-state index contributed by atoms with van der Waals surface area (Å²) in [5.74, 6) is 1.36. The maximum absolute atomic E-state index is 2.60. The van der Waals surface area contributed by atoms with E-state index in [4.69, 9.17) is 0 Å². The van der Waals surface area contributed by atoms with Gasteiger partial charge in [0.1, 0.15) is 0 Å². The number of anilines is 6. The van der Waals surface area contributed by atoms with Crippen molar-refractivity contribution in [2.24, 2.45) is 0 Å². The van der Waals surface area contributed by atoms with Gasteiger partial charge in [-0.05, 0) is 161 Å². The van der Waals surface area contributed by atoms with Crippen molar-refractivity contribution in [3.05, 3.63) is 197 Å². The Labute approximate surface area is 358 Å². The van der Waals surface area contributed by atoms with Gasteiger partial charge in [-0.3, -0.25) is 0 Å². The summed E-state index contributed by atoms with van der Waals surface area (Å²) < 4.78 is 0. The monoisotopic (exact) mass is 778 g/mol. The van der Waals surface area contributed by atoms with E-state index in [-0.39, 0.29) is 6.71 Å². The molecule has 60 heavy (non-hydrogen) atoms. The number of hydrogen-bond acceptors (Lipinski definition) is 2. The van der Waals surface area contributed by atoms with Crippen LogP contribution in [0.15, 0.2) is 158 Å². The van der Waals surface area contributed by atoms with Crippen LogP contribution in [0, 0.1) is 6.92 Å². The van der Waals surface area contributed by atoms with Gasteiger partial charge in [-0.2, -0.15) is 0 Å². The molecule has 7 aromatic rings. The molecule has 11 rings (SSSR count). The van der Waals surface area contributed by atoms with Crippen molar-refractivity contribution < 1.29 is 0 Å². The molecule has 2 aliphatic carbocycles. The average Bonchev–Trinajstić information content (AvgIpc) is 3.30. The van der Waals surface area contributed by atoms with Gasteiger partial charge < -0.3 is 9.80 Å². The fourth-order valence-corrected chi connectivity index (χ4v) is 11.3. The maximum Gasteiger partial charge on any atom is 0.252 e. The molecule has 2 nitrogen and oxygen atoms in total. The lowest BCUT2D eigenvalue weighted by Crippen LogP contribution is -2.61. The fourth-order valence-electron chi connectivity index (χ4n) is 11.3. The van der Waals surface area contributed by atoms with Crippen LogP contribution in [0.1, 0.15) is 115 Å². The van der Waals surface area contributed by atoms with Gasteiger partial charge in [-0.25, -0.2) is 0 Å².